The molecule has 8 unspecified atom stereocenters. The maximum atomic E-state index is 11.4. The minimum atomic E-state index is -0.160. The zero-order chi connectivity index (χ0) is 50.0. The first kappa shape index (κ1) is 54.6. The van der Waals surface area contributed by atoms with E-state index in [0.717, 1.165) is 29.7 Å². The van der Waals surface area contributed by atoms with Gasteiger partial charge < -0.3 is 39.8 Å². The second kappa shape index (κ2) is 23.2. The van der Waals surface area contributed by atoms with E-state index in [1.807, 2.05) is 0 Å². The minimum absolute atomic E-state index is 0.0140. The largest absolute Gasteiger partial charge is 0.490 e. The highest BCUT2D eigenvalue weighted by molar-refractivity contribution is 5.74. The Kier molecular flexibility index (Phi) is 18.7. The zero-order valence-corrected chi connectivity index (χ0v) is 44.9. The van der Waals surface area contributed by atoms with Crippen LogP contribution in [0.2, 0.25) is 0 Å². The number of hydrogen-bond donors (Lipinski definition) is 4. The topological polar surface area (TPSA) is 131 Å². The molecule has 2 aromatic carbocycles. The molecule has 0 aromatic heterocycles. The molecule has 6 rings (SSSR count). The Balaban J connectivity index is 1.43. The Labute approximate surface area is 411 Å². The lowest BCUT2D eigenvalue weighted by molar-refractivity contribution is -0.212. The molecular formula is C56H94N4O8. The third kappa shape index (κ3) is 12.7. The average Bonchev–Trinajstić information content (AvgIpc) is 3.25. The third-order valence-corrected chi connectivity index (χ3v) is 16.3. The van der Waals surface area contributed by atoms with Crippen molar-refractivity contribution in [3.63, 3.8) is 0 Å². The second-order valence-corrected chi connectivity index (χ2v) is 24.2. The lowest BCUT2D eigenvalue weighted by Gasteiger charge is -2.45. The minimum Gasteiger partial charge on any atom is -0.490 e. The van der Waals surface area contributed by atoms with E-state index in [4.69, 9.17) is 18.9 Å². The molecule has 12 heteroatoms. The first-order chi connectivity index (χ1) is 31.9. The molecule has 4 saturated heterocycles. The van der Waals surface area contributed by atoms with E-state index in [-0.39, 0.29) is 120 Å². The quantitative estimate of drug-likeness (QED) is 0.120. The maximum absolute atomic E-state index is 11.4. The highest BCUT2D eigenvalue weighted by Gasteiger charge is 2.43. The smallest absolute Gasteiger partial charge is 0.162 e. The van der Waals surface area contributed by atoms with Gasteiger partial charge in [0, 0.05) is 111 Å². The van der Waals surface area contributed by atoms with Crippen LogP contribution in [0.3, 0.4) is 0 Å². The zero-order valence-electron chi connectivity index (χ0n) is 44.9. The summed E-state index contributed by atoms with van der Waals surface area (Å²) in [6, 6.07) is 12.2. The van der Waals surface area contributed by atoms with E-state index in [9.17, 15) is 20.8 Å². The van der Waals surface area contributed by atoms with Gasteiger partial charge in [-0.1, -0.05) is 117 Å². The number of rotatable bonds is 17. The van der Waals surface area contributed by atoms with Crippen LogP contribution in [0.15, 0.2) is 36.4 Å². The van der Waals surface area contributed by atoms with Crippen molar-refractivity contribution < 1.29 is 39.8 Å². The number of ether oxygens (including phenoxy) is 4. The van der Waals surface area contributed by atoms with Gasteiger partial charge in [-0.3, -0.25) is 0 Å². The standard InChI is InChI=1S/C56H94N4O8/c1-31(2)46-22-41(23-47(32(3)4)57(46)61)65-40-18-19-45(55(30-40)67-43-26-50(35(9)10)59(63)51(27-43)36(11)12)39-17-20-54(66-42-24-48(33(5)6)58(62)49(25-42)34(7)8)56(21-39)68-44-28-52(37(13)14)60(64)53(29-44)38(15)16/h17-21,30-38,41-44,46-53,61-64H,22-29H2,1-16H3. The molecule has 2 aromatic rings. The number of nitrogens with zero attached hydrogens (tertiary/aromatic N) is 4. The highest BCUT2D eigenvalue weighted by atomic mass is 16.5. The fraction of sp³-hybridized carbons (Fsp3) is 0.786. The van der Waals surface area contributed by atoms with Crippen LogP contribution in [0.1, 0.15) is 162 Å². The van der Waals surface area contributed by atoms with E-state index in [1.54, 1.807) is 20.3 Å². The molecule has 0 aliphatic carbocycles. The van der Waals surface area contributed by atoms with Gasteiger partial charge in [0.2, 0.25) is 0 Å². The van der Waals surface area contributed by atoms with E-state index < -0.39 is 0 Å². The van der Waals surface area contributed by atoms with Gasteiger partial charge in [-0.2, -0.15) is 20.3 Å². The summed E-state index contributed by atoms with van der Waals surface area (Å²) in [7, 11) is 0. The molecule has 4 N–H and O–H groups in total. The number of piperidine rings is 4. The molecule has 4 heterocycles. The van der Waals surface area contributed by atoms with E-state index in [1.165, 1.54) is 0 Å². The van der Waals surface area contributed by atoms with Crippen molar-refractivity contribution in [2.24, 2.45) is 47.3 Å². The Morgan fingerprint density at radius 1 is 0.338 bits per heavy atom. The van der Waals surface area contributed by atoms with Crippen LogP contribution < -0.4 is 18.9 Å². The van der Waals surface area contributed by atoms with Gasteiger partial charge in [-0.15, -0.1) is 0 Å². The van der Waals surface area contributed by atoms with E-state index >= 15 is 0 Å². The van der Waals surface area contributed by atoms with Crippen LogP contribution in [-0.2, 0) is 0 Å². The summed E-state index contributed by atoms with van der Waals surface area (Å²) in [5.74, 6) is 4.71. The van der Waals surface area contributed by atoms with Crippen molar-refractivity contribution >= 4 is 0 Å². The molecular weight excluding hydrogens is 857 g/mol. The first-order valence-electron chi connectivity index (χ1n) is 26.8. The van der Waals surface area contributed by atoms with Crippen molar-refractivity contribution in [2.45, 2.75) is 235 Å². The fourth-order valence-corrected chi connectivity index (χ4v) is 11.9. The molecule has 4 aliphatic heterocycles. The molecule has 0 radical (unpaired) electrons. The summed E-state index contributed by atoms with van der Waals surface area (Å²) in [5, 5.41) is 51.9. The summed E-state index contributed by atoms with van der Waals surface area (Å²) in [5.41, 5.74) is 1.83. The number of hydrogen-bond acceptors (Lipinski definition) is 12. The SMILES string of the molecule is CC(C)C1CC(Oc2ccc(-c3ccc(OC4CC(C(C)C)N(O)C(C(C)C)C4)c(OC4CC(C(C)C)N(O)C(C(C)C)C4)c3)c(OC3CC(C(C)C)N(O)C(C(C)C)C3)c2)CC(C(C)C)N1O. The lowest BCUT2D eigenvalue weighted by atomic mass is 9.84. The Hall–Kier alpha value is -2.68. The summed E-state index contributed by atoms with van der Waals surface area (Å²) < 4.78 is 28.4. The van der Waals surface area contributed by atoms with E-state index in [2.05, 4.69) is 147 Å². The molecule has 0 amide bonds. The van der Waals surface area contributed by atoms with Gasteiger partial charge >= 0.3 is 0 Å². The van der Waals surface area contributed by atoms with Crippen LogP contribution in [-0.4, -0.2) is 114 Å². The predicted molar refractivity (Wildman–Crippen MR) is 270 cm³/mol. The van der Waals surface area contributed by atoms with Gasteiger partial charge in [0.05, 0.1) is 0 Å². The molecule has 0 bridgehead atoms. The average molecular weight is 951 g/mol. The van der Waals surface area contributed by atoms with Crippen molar-refractivity contribution in [1.29, 1.82) is 0 Å². The van der Waals surface area contributed by atoms with Crippen LogP contribution in [0.5, 0.6) is 23.0 Å². The van der Waals surface area contributed by atoms with Gasteiger partial charge in [0.25, 0.3) is 0 Å². The lowest BCUT2D eigenvalue weighted by Crippen LogP contribution is -2.54. The summed E-state index contributed by atoms with van der Waals surface area (Å²) in [4.78, 5) is 0. The number of hydroxylamine groups is 8. The number of benzene rings is 2. The molecule has 8 atom stereocenters. The summed E-state index contributed by atoms with van der Waals surface area (Å²) in [6.45, 7) is 34.7. The predicted octanol–water partition coefficient (Wildman–Crippen LogP) is 12.5. The van der Waals surface area contributed by atoms with Crippen molar-refractivity contribution in [1.82, 2.24) is 20.3 Å². The van der Waals surface area contributed by atoms with Gasteiger partial charge in [-0.05, 0) is 77.2 Å². The molecule has 0 saturated carbocycles. The fourth-order valence-electron chi connectivity index (χ4n) is 11.9. The highest BCUT2D eigenvalue weighted by Crippen LogP contribution is 2.45. The van der Waals surface area contributed by atoms with E-state index in [0.29, 0.717) is 55.8 Å². The van der Waals surface area contributed by atoms with Gasteiger partial charge in [0.1, 0.15) is 35.9 Å². The van der Waals surface area contributed by atoms with Gasteiger partial charge in [-0.25, -0.2) is 0 Å². The Bertz CT molecular complexity index is 1820. The molecule has 68 heavy (non-hydrogen) atoms. The normalized spacial score (nSPS) is 31.9. The van der Waals surface area contributed by atoms with Crippen molar-refractivity contribution in [3.8, 4) is 34.1 Å². The van der Waals surface area contributed by atoms with Crippen LogP contribution in [0, 0.1) is 47.3 Å². The summed E-state index contributed by atoms with van der Waals surface area (Å²) >= 11 is 0. The van der Waals surface area contributed by atoms with Crippen molar-refractivity contribution in [2.75, 3.05) is 0 Å². The monoisotopic (exact) mass is 951 g/mol. The maximum Gasteiger partial charge on any atom is 0.162 e. The van der Waals surface area contributed by atoms with Gasteiger partial charge in [0.15, 0.2) is 11.5 Å². The molecule has 0 spiro atoms. The Morgan fingerprint density at radius 2 is 0.618 bits per heavy atom. The second-order valence-electron chi connectivity index (χ2n) is 24.2. The van der Waals surface area contributed by atoms with Crippen LogP contribution in [0.4, 0.5) is 0 Å². The molecule has 4 aliphatic rings. The Morgan fingerprint density at radius 3 is 0.926 bits per heavy atom. The molecule has 4 fully saturated rings. The molecule has 386 valence electrons. The van der Waals surface area contributed by atoms with Crippen LogP contribution >= 0.6 is 0 Å². The first-order valence-corrected chi connectivity index (χ1v) is 26.8. The summed E-state index contributed by atoms with van der Waals surface area (Å²) in [6.07, 6.45) is 5.03. The third-order valence-electron chi connectivity index (χ3n) is 16.3. The van der Waals surface area contributed by atoms with Crippen LogP contribution in [0.25, 0.3) is 11.1 Å². The molecule has 12 nitrogen and oxygen atoms in total. The van der Waals surface area contributed by atoms with Crippen molar-refractivity contribution in [3.05, 3.63) is 36.4 Å².